The maximum Gasteiger partial charge on any atom is 0.153 e. The summed E-state index contributed by atoms with van der Waals surface area (Å²) in [5, 5.41) is 10.7. The van der Waals surface area contributed by atoms with Crippen LogP contribution in [0.2, 0.25) is 5.02 Å². The molecule has 0 saturated heterocycles. The van der Waals surface area contributed by atoms with Gasteiger partial charge in [-0.25, -0.2) is 4.98 Å². The van der Waals surface area contributed by atoms with Crippen LogP contribution in [0.5, 0.6) is 11.5 Å². The van der Waals surface area contributed by atoms with E-state index in [4.69, 9.17) is 21.6 Å². The molecule has 0 bridgehead atoms. The second kappa shape index (κ2) is 5.43. The van der Waals surface area contributed by atoms with E-state index in [9.17, 15) is 0 Å². The summed E-state index contributed by atoms with van der Waals surface area (Å²) in [5.74, 6) is 1.04. The third-order valence-corrected chi connectivity index (χ3v) is 3.34. The van der Waals surface area contributed by atoms with Crippen LogP contribution in [0.3, 0.4) is 0 Å². The van der Waals surface area contributed by atoms with Gasteiger partial charge in [0.25, 0.3) is 0 Å². The van der Waals surface area contributed by atoms with Crippen LogP contribution >= 0.6 is 11.6 Å². The lowest BCUT2D eigenvalue weighted by atomic mass is 10.2. The molecule has 0 N–H and O–H groups in total. The van der Waals surface area contributed by atoms with Gasteiger partial charge in [-0.3, -0.25) is 0 Å². The van der Waals surface area contributed by atoms with Crippen LogP contribution in [-0.2, 0) is 0 Å². The quantitative estimate of drug-likeness (QED) is 0.678. The third-order valence-electron chi connectivity index (χ3n) is 3.11. The van der Waals surface area contributed by atoms with Gasteiger partial charge >= 0.3 is 0 Å². The number of aromatic nitrogens is 1. The fourth-order valence-corrected chi connectivity index (χ4v) is 2.25. The summed E-state index contributed by atoms with van der Waals surface area (Å²) in [6.07, 6.45) is 0. The predicted octanol–water partition coefficient (Wildman–Crippen LogP) is 4.86. The highest BCUT2D eigenvalue weighted by atomic mass is 35.5. The first-order valence-corrected chi connectivity index (χ1v) is 6.79. The standard InChI is InChI=1S/C17H11ClN2O/c1-11-5-6-12-3-2-4-15(17(12)20-11)21-16-9-14(18)8-7-13(16)10-19/h2-9H,1H3. The number of nitrogens with zero attached hydrogens (tertiary/aromatic N) is 2. The average Bonchev–Trinajstić information content (AvgIpc) is 2.48. The lowest BCUT2D eigenvalue weighted by molar-refractivity contribution is 0.485. The zero-order chi connectivity index (χ0) is 14.8. The molecular weight excluding hydrogens is 284 g/mol. The molecule has 3 nitrogen and oxygen atoms in total. The molecule has 1 heterocycles. The SMILES string of the molecule is Cc1ccc2cccc(Oc3cc(Cl)ccc3C#N)c2n1. The van der Waals surface area contributed by atoms with E-state index in [-0.39, 0.29) is 0 Å². The number of hydrogen-bond acceptors (Lipinski definition) is 3. The Morgan fingerprint density at radius 2 is 1.95 bits per heavy atom. The lowest BCUT2D eigenvalue weighted by Gasteiger charge is -2.10. The molecule has 3 rings (SSSR count). The van der Waals surface area contributed by atoms with Crippen molar-refractivity contribution in [2.24, 2.45) is 0 Å². The number of halogens is 1. The van der Waals surface area contributed by atoms with Gasteiger partial charge in [-0.15, -0.1) is 0 Å². The van der Waals surface area contributed by atoms with Crippen molar-refractivity contribution in [3.05, 3.63) is 64.8 Å². The molecular formula is C17H11ClN2O. The molecule has 1 aromatic heterocycles. The summed E-state index contributed by atoms with van der Waals surface area (Å²) >= 11 is 5.98. The van der Waals surface area contributed by atoms with Crippen LogP contribution in [-0.4, -0.2) is 4.98 Å². The number of aryl methyl sites for hydroxylation is 1. The number of hydrogen-bond donors (Lipinski definition) is 0. The Kier molecular flexibility index (Phi) is 3.47. The molecule has 0 radical (unpaired) electrons. The molecule has 0 atom stereocenters. The van der Waals surface area contributed by atoms with E-state index in [0.717, 1.165) is 16.6 Å². The number of rotatable bonds is 2. The summed E-state index contributed by atoms with van der Waals surface area (Å²) in [5.41, 5.74) is 2.11. The minimum Gasteiger partial charge on any atom is -0.454 e. The lowest BCUT2D eigenvalue weighted by Crippen LogP contribution is -1.92. The Hall–Kier alpha value is -2.57. The van der Waals surface area contributed by atoms with E-state index in [2.05, 4.69) is 11.1 Å². The van der Waals surface area contributed by atoms with Crippen molar-refractivity contribution in [1.29, 1.82) is 5.26 Å². The van der Waals surface area contributed by atoms with E-state index < -0.39 is 0 Å². The third kappa shape index (κ3) is 2.67. The summed E-state index contributed by atoms with van der Waals surface area (Å²) in [6.45, 7) is 1.93. The number of ether oxygens (including phenoxy) is 1. The molecule has 0 aliphatic heterocycles. The maximum absolute atomic E-state index is 9.16. The minimum absolute atomic E-state index is 0.431. The zero-order valence-corrected chi connectivity index (χ0v) is 12.1. The first kappa shape index (κ1) is 13.4. The van der Waals surface area contributed by atoms with Crippen LogP contribution in [0.15, 0.2) is 48.5 Å². The molecule has 4 heteroatoms. The summed E-state index contributed by atoms with van der Waals surface area (Å²) in [4.78, 5) is 4.51. The average molecular weight is 295 g/mol. The highest BCUT2D eigenvalue weighted by Crippen LogP contribution is 2.32. The van der Waals surface area contributed by atoms with E-state index in [1.807, 2.05) is 37.3 Å². The van der Waals surface area contributed by atoms with E-state index in [1.54, 1.807) is 18.2 Å². The van der Waals surface area contributed by atoms with Gasteiger partial charge in [-0.2, -0.15) is 5.26 Å². The maximum atomic E-state index is 9.16. The van der Waals surface area contributed by atoms with Gasteiger partial charge in [0.2, 0.25) is 0 Å². The van der Waals surface area contributed by atoms with Crippen molar-refractivity contribution < 1.29 is 4.74 Å². The van der Waals surface area contributed by atoms with Crippen molar-refractivity contribution in [3.63, 3.8) is 0 Å². The molecule has 0 saturated carbocycles. The number of para-hydroxylation sites is 1. The van der Waals surface area contributed by atoms with Crippen molar-refractivity contribution in [3.8, 4) is 17.6 Å². The Labute approximate surface area is 127 Å². The largest absolute Gasteiger partial charge is 0.454 e. The van der Waals surface area contributed by atoms with Gasteiger partial charge in [-0.05, 0) is 31.2 Å². The van der Waals surface area contributed by atoms with Gasteiger partial charge in [0.15, 0.2) is 5.75 Å². The molecule has 0 fully saturated rings. The van der Waals surface area contributed by atoms with Crippen LogP contribution in [0.25, 0.3) is 10.9 Å². The molecule has 102 valence electrons. The Bertz CT molecular complexity index is 868. The smallest absolute Gasteiger partial charge is 0.153 e. The second-order valence-electron chi connectivity index (χ2n) is 4.63. The molecule has 0 spiro atoms. The van der Waals surface area contributed by atoms with Crippen LogP contribution in [0.4, 0.5) is 0 Å². The molecule has 0 unspecified atom stereocenters. The summed E-state index contributed by atoms with van der Waals surface area (Å²) < 4.78 is 5.88. The normalized spacial score (nSPS) is 10.3. The molecule has 21 heavy (non-hydrogen) atoms. The van der Waals surface area contributed by atoms with Crippen LogP contribution < -0.4 is 4.74 Å². The first-order chi connectivity index (χ1) is 10.2. The van der Waals surface area contributed by atoms with E-state index in [1.165, 1.54) is 0 Å². The minimum atomic E-state index is 0.431. The van der Waals surface area contributed by atoms with Gasteiger partial charge < -0.3 is 4.74 Å². The number of nitriles is 1. The van der Waals surface area contributed by atoms with Gasteiger partial charge in [0.05, 0.1) is 5.56 Å². The fraction of sp³-hybridized carbons (Fsp3) is 0.0588. The second-order valence-corrected chi connectivity index (χ2v) is 5.07. The molecule has 2 aromatic carbocycles. The highest BCUT2D eigenvalue weighted by molar-refractivity contribution is 6.30. The van der Waals surface area contributed by atoms with Crippen molar-refractivity contribution in [1.82, 2.24) is 4.98 Å². The Morgan fingerprint density at radius 1 is 1.10 bits per heavy atom. The predicted molar refractivity (Wildman–Crippen MR) is 82.7 cm³/mol. The van der Waals surface area contributed by atoms with Crippen molar-refractivity contribution >= 4 is 22.5 Å². The van der Waals surface area contributed by atoms with Crippen LogP contribution in [0.1, 0.15) is 11.3 Å². The van der Waals surface area contributed by atoms with Crippen molar-refractivity contribution in [2.45, 2.75) is 6.92 Å². The summed E-state index contributed by atoms with van der Waals surface area (Å²) in [7, 11) is 0. The zero-order valence-electron chi connectivity index (χ0n) is 11.3. The fourth-order valence-electron chi connectivity index (χ4n) is 2.09. The Balaban J connectivity index is 2.13. The van der Waals surface area contributed by atoms with Gasteiger partial charge in [0.1, 0.15) is 17.3 Å². The molecule has 0 aliphatic rings. The molecule has 3 aromatic rings. The summed E-state index contributed by atoms with van der Waals surface area (Å²) in [6, 6.07) is 16.7. The molecule has 0 amide bonds. The molecule has 0 aliphatic carbocycles. The number of benzene rings is 2. The van der Waals surface area contributed by atoms with E-state index in [0.29, 0.717) is 22.1 Å². The number of pyridine rings is 1. The Morgan fingerprint density at radius 3 is 2.76 bits per heavy atom. The highest BCUT2D eigenvalue weighted by Gasteiger charge is 2.09. The first-order valence-electron chi connectivity index (χ1n) is 6.41. The number of fused-ring (bicyclic) bond motifs is 1. The topological polar surface area (TPSA) is 45.9 Å². The van der Waals surface area contributed by atoms with E-state index >= 15 is 0 Å². The van der Waals surface area contributed by atoms with Crippen LogP contribution in [0, 0.1) is 18.3 Å². The van der Waals surface area contributed by atoms with Crippen molar-refractivity contribution in [2.75, 3.05) is 0 Å². The van der Waals surface area contributed by atoms with Gasteiger partial charge in [0, 0.05) is 22.2 Å². The van der Waals surface area contributed by atoms with Gasteiger partial charge in [-0.1, -0.05) is 29.8 Å². The monoisotopic (exact) mass is 294 g/mol.